The van der Waals surface area contributed by atoms with Gasteiger partial charge in [-0.05, 0) is 0 Å². The van der Waals surface area contributed by atoms with Crippen molar-refractivity contribution in [2.75, 3.05) is 6.54 Å². The van der Waals surface area contributed by atoms with E-state index < -0.39 is 18.7 Å². The van der Waals surface area contributed by atoms with E-state index in [1.54, 1.807) is 0 Å². The molecule has 56 valence electrons. The van der Waals surface area contributed by atoms with Crippen molar-refractivity contribution in [3.8, 4) is 0 Å². The molecule has 0 saturated carbocycles. The second kappa shape index (κ2) is 3.42. The summed E-state index contributed by atoms with van der Waals surface area (Å²) in [5, 5.41) is 8.82. The second-order valence-electron chi connectivity index (χ2n) is 2.00. The van der Waals surface area contributed by atoms with Crippen LogP contribution < -0.4 is 5.73 Å². The van der Waals surface area contributed by atoms with E-state index in [1.165, 1.54) is 5.71 Å². The van der Waals surface area contributed by atoms with E-state index in [9.17, 15) is 3.74 Å². The molecular formula is C4H12AsNO3. The van der Waals surface area contributed by atoms with Gasteiger partial charge in [0, 0.05) is 0 Å². The molecule has 0 rings (SSSR count). The maximum atomic E-state index is 10.6. The van der Waals surface area contributed by atoms with Gasteiger partial charge in [-0.15, -0.1) is 0 Å². The van der Waals surface area contributed by atoms with E-state index >= 15 is 0 Å². The molecule has 4 nitrogen and oxygen atoms in total. The number of rotatable bonds is 3. The standard InChI is InChI=1S/C4H12AsNO3/c1-5(8,9)4(7)2-3-6/h4,7H,2-3,6H2,1H3,(H,8,9). The summed E-state index contributed by atoms with van der Waals surface area (Å²) in [6.07, 6.45) is 0.212. The van der Waals surface area contributed by atoms with Gasteiger partial charge in [0.15, 0.2) is 0 Å². The van der Waals surface area contributed by atoms with Crippen LogP contribution >= 0.6 is 0 Å². The normalized spacial score (nSPS) is 20.9. The summed E-state index contributed by atoms with van der Waals surface area (Å²) in [5.41, 5.74) is 6.22. The van der Waals surface area contributed by atoms with Crippen LogP contribution in [0.25, 0.3) is 0 Å². The minimum atomic E-state index is -3.86. The third-order valence-electron chi connectivity index (χ3n) is 0.978. The van der Waals surface area contributed by atoms with E-state index in [0.717, 1.165) is 0 Å². The molecule has 0 heterocycles. The summed E-state index contributed by atoms with van der Waals surface area (Å²) in [6.45, 7) is 0.251. The number of aliphatic hydroxyl groups excluding tert-OH is 1. The quantitative estimate of drug-likeness (QED) is 0.492. The topological polar surface area (TPSA) is 83.5 Å². The van der Waals surface area contributed by atoms with Crippen LogP contribution in [0.2, 0.25) is 5.71 Å². The van der Waals surface area contributed by atoms with Crippen LogP contribution in [0.1, 0.15) is 6.42 Å². The SMILES string of the molecule is C[As](=O)(O)C(O)CCN. The fourth-order valence-electron chi connectivity index (χ4n) is 0.389. The number of hydrogen-bond donors (Lipinski definition) is 3. The number of nitrogens with two attached hydrogens (primary N) is 1. The molecule has 0 amide bonds. The first-order valence-corrected chi connectivity index (χ1v) is 7.23. The number of aliphatic hydroxyl groups is 1. The third kappa shape index (κ3) is 3.76. The maximum absolute atomic E-state index is 10.6. The Morgan fingerprint density at radius 3 is 2.33 bits per heavy atom. The first kappa shape index (κ1) is 9.24. The molecule has 2 unspecified atom stereocenters. The summed E-state index contributed by atoms with van der Waals surface area (Å²) in [7, 11) is 0. The average Bonchev–Trinajstić information content (AvgIpc) is 1.64. The first-order valence-electron chi connectivity index (χ1n) is 2.66. The van der Waals surface area contributed by atoms with Crippen molar-refractivity contribution >= 4 is 13.8 Å². The molecule has 0 aliphatic heterocycles. The fraction of sp³-hybridized carbons (Fsp3) is 1.00. The molecular weight excluding hydrogens is 185 g/mol. The van der Waals surface area contributed by atoms with Crippen molar-refractivity contribution in [1.82, 2.24) is 0 Å². The molecule has 0 aromatic heterocycles. The summed E-state index contributed by atoms with van der Waals surface area (Å²) >= 11 is -3.86. The minimum absolute atomic E-state index is 0.212. The van der Waals surface area contributed by atoms with Crippen LogP contribution in [0.15, 0.2) is 0 Å². The van der Waals surface area contributed by atoms with Crippen molar-refractivity contribution in [2.45, 2.75) is 17.0 Å². The van der Waals surface area contributed by atoms with E-state index in [0.29, 0.717) is 0 Å². The molecule has 4 N–H and O–H groups in total. The Morgan fingerprint density at radius 2 is 2.22 bits per heavy atom. The van der Waals surface area contributed by atoms with Gasteiger partial charge in [-0.25, -0.2) is 0 Å². The van der Waals surface area contributed by atoms with Crippen LogP contribution in [0.3, 0.4) is 0 Å². The van der Waals surface area contributed by atoms with Gasteiger partial charge in [0.05, 0.1) is 0 Å². The van der Waals surface area contributed by atoms with Crippen molar-refractivity contribution in [3.05, 3.63) is 0 Å². The van der Waals surface area contributed by atoms with Crippen molar-refractivity contribution in [2.24, 2.45) is 5.73 Å². The van der Waals surface area contributed by atoms with Crippen LogP contribution in [0.4, 0.5) is 0 Å². The van der Waals surface area contributed by atoms with Gasteiger partial charge in [0.1, 0.15) is 0 Å². The van der Waals surface area contributed by atoms with Gasteiger partial charge >= 0.3 is 56.1 Å². The molecule has 9 heavy (non-hydrogen) atoms. The molecule has 0 bridgehead atoms. The summed E-state index contributed by atoms with van der Waals surface area (Å²) in [5.74, 6) is 0. The molecule has 0 saturated heterocycles. The van der Waals surface area contributed by atoms with Crippen molar-refractivity contribution < 1.29 is 12.9 Å². The first-order chi connectivity index (χ1) is 3.98. The van der Waals surface area contributed by atoms with E-state index in [1.807, 2.05) is 0 Å². The zero-order chi connectivity index (χ0) is 7.49. The Hall–Kier alpha value is 0.238. The molecule has 5 heteroatoms. The van der Waals surface area contributed by atoms with Gasteiger partial charge in [0.25, 0.3) is 0 Å². The summed E-state index contributed by atoms with van der Waals surface area (Å²) < 4.78 is 19.3. The Balaban J connectivity index is 3.74. The van der Waals surface area contributed by atoms with E-state index in [-0.39, 0.29) is 13.0 Å². The molecule has 0 aliphatic rings. The zero-order valence-electron chi connectivity index (χ0n) is 5.32. The van der Waals surface area contributed by atoms with E-state index in [4.69, 9.17) is 14.9 Å². The molecule has 0 fully saturated rings. The summed E-state index contributed by atoms with van der Waals surface area (Å²) in [4.78, 5) is -1.09. The Morgan fingerprint density at radius 1 is 1.78 bits per heavy atom. The fourth-order valence-corrected chi connectivity index (χ4v) is 1.71. The van der Waals surface area contributed by atoms with Crippen LogP contribution in [-0.2, 0) is 3.74 Å². The molecule has 0 radical (unpaired) electrons. The number of hydrogen-bond acceptors (Lipinski definition) is 3. The van der Waals surface area contributed by atoms with Crippen molar-refractivity contribution in [1.29, 1.82) is 0 Å². The molecule has 2 atom stereocenters. The molecule has 0 aromatic carbocycles. The van der Waals surface area contributed by atoms with Gasteiger partial charge in [-0.3, -0.25) is 0 Å². The van der Waals surface area contributed by atoms with Crippen LogP contribution in [0, 0.1) is 0 Å². The van der Waals surface area contributed by atoms with Gasteiger partial charge < -0.3 is 0 Å². The van der Waals surface area contributed by atoms with Gasteiger partial charge in [-0.2, -0.15) is 0 Å². The van der Waals surface area contributed by atoms with Gasteiger partial charge in [0.2, 0.25) is 0 Å². The Kier molecular flexibility index (Phi) is 3.51. The van der Waals surface area contributed by atoms with E-state index in [2.05, 4.69) is 0 Å². The second-order valence-corrected chi connectivity index (χ2v) is 7.21. The van der Waals surface area contributed by atoms with Crippen LogP contribution in [-0.4, -0.2) is 34.5 Å². The Bertz CT molecular complexity index is 121. The predicted octanol–water partition coefficient (Wildman–Crippen LogP) is -1.27. The van der Waals surface area contributed by atoms with Crippen LogP contribution in [0.5, 0.6) is 0 Å². The zero-order valence-corrected chi connectivity index (χ0v) is 7.20. The molecule has 0 aromatic rings. The Labute approximate surface area is 56.7 Å². The molecule has 0 aliphatic carbocycles. The van der Waals surface area contributed by atoms with Crippen molar-refractivity contribution in [3.63, 3.8) is 0 Å². The third-order valence-corrected chi connectivity index (χ3v) is 3.84. The summed E-state index contributed by atoms with van der Waals surface area (Å²) in [6, 6.07) is 0. The monoisotopic (exact) mass is 197 g/mol. The van der Waals surface area contributed by atoms with Gasteiger partial charge in [-0.1, -0.05) is 0 Å². The predicted molar refractivity (Wildman–Crippen MR) is 34.2 cm³/mol. The average molecular weight is 197 g/mol. The molecule has 0 spiro atoms.